The average Bonchev–Trinajstić information content (AvgIpc) is 2.66. The summed E-state index contributed by atoms with van der Waals surface area (Å²) in [5.41, 5.74) is 2.85. The lowest BCUT2D eigenvalue weighted by atomic mass is 10.2. The molecule has 0 aliphatic carbocycles. The second-order valence-electron chi connectivity index (χ2n) is 5.50. The van der Waals surface area contributed by atoms with E-state index in [1.165, 1.54) is 0 Å². The average molecular weight is 336 g/mol. The van der Waals surface area contributed by atoms with Gasteiger partial charge < -0.3 is 14.8 Å². The Bertz CT molecular complexity index is 853. The zero-order valence-electron chi connectivity index (χ0n) is 14.5. The summed E-state index contributed by atoms with van der Waals surface area (Å²) in [6, 6.07) is 11.6. The highest BCUT2D eigenvalue weighted by Gasteiger charge is 2.07. The number of nitrogens with one attached hydrogen (secondary N) is 1. The molecule has 0 saturated heterocycles. The van der Waals surface area contributed by atoms with Crippen LogP contribution in [0.2, 0.25) is 0 Å². The van der Waals surface area contributed by atoms with Gasteiger partial charge >= 0.3 is 0 Å². The predicted octanol–water partition coefficient (Wildman–Crippen LogP) is 3.48. The Morgan fingerprint density at radius 1 is 1.00 bits per heavy atom. The number of aromatic nitrogens is 3. The van der Waals surface area contributed by atoms with Crippen molar-refractivity contribution >= 4 is 5.82 Å². The summed E-state index contributed by atoms with van der Waals surface area (Å²) >= 11 is 0. The number of anilines is 1. The molecule has 0 spiro atoms. The second kappa shape index (κ2) is 7.61. The van der Waals surface area contributed by atoms with Gasteiger partial charge in [0.05, 0.1) is 14.2 Å². The zero-order valence-corrected chi connectivity index (χ0v) is 14.5. The third-order valence-electron chi connectivity index (χ3n) is 3.70. The molecule has 0 atom stereocenters. The summed E-state index contributed by atoms with van der Waals surface area (Å²) in [4.78, 5) is 13.2. The van der Waals surface area contributed by atoms with Crippen LogP contribution in [0, 0.1) is 6.92 Å². The molecule has 2 heterocycles. The maximum atomic E-state index is 5.34. The van der Waals surface area contributed by atoms with Crippen molar-refractivity contribution in [2.75, 3.05) is 19.5 Å². The van der Waals surface area contributed by atoms with E-state index in [9.17, 15) is 0 Å². The van der Waals surface area contributed by atoms with Crippen molar-refractivity contribution in [2.45, 2.75) is 13.5 Å². The van der Waals surface area contributed by atoms with E-state index >= 15 is 0 Å². The van der Waals surface area contributed by atoms with Crippen molar-refractivity contribution in [1.29, 1.82) is 0 Å². The number of hydrogen-bond donors (Lipinski definition) is 1. The highest BCUT2D eigenvalue weighted by atomic mass is 16.5. The molecule has 1 aromatic carbocycles. The fraction of sp³-hybridized carbons (Fsp3) is 0.211. The normalized spacial score (nSPS) is 10.4. The lowest BCUT2D eigenvalue weighted by Crippen LogP contribution is -2.04. The highest BCUT2D eigenvalue weighted by Crippen LogP contribution is 2.28. The quantitative estimate of drug-likeness (QED) is 0.743. The SMILES string of the molecule is COc1ccc(CNc2cc(C)nc(-c3cccnc3)n2)cc1OC. The van der Waals surface area contributed by atoms with Crippen LogP contribution in [0.25, 0.3) is 11.4 Å². The molecule has 0 radical (unpaired) electrons. The Morgan fingerprint density at radius 2 is 1.84 bits per heavy atom. The van der Waals surface area contributed by atoms with E-state index < -0.39 is 0 Å². The van der Waals surface area contributed by atoms with Gasteiger partial charge in [-0.05, 0) is 36.8 Å². The van der Waals surface area contributed by atoms with Crippen LogP contribution in [-0.4, -0.2) is 29.2 Å². The molecule has 25 heavy (non-hydrogen) atoms. The van der Waals surface area contributed by atoms with Crippen molar-refractivity contribution in [2.24, 2.45) is 0 Å². The van der Waals surface area contributed by atoms with Gasteiger partial charge in [-0.2, -0.15) is 0 Å². The number of pyridine rings is 1. The van der Waals surface area contributed by atoms with Crippen LogP contribution in [0.3, 0.4) is 0 Å². The van der Waals surface area contributed by atoms with Crippen molar-refractivity contribution < 1.29 is 9.47 Å². The molecule has 3 rings (SSSR count). The fourth-order valence-electron chi connectivity index (χ4n) is 2.47. The summed E-state index contributed by atoms with van der Waals surface area (Å²) in [5.74, 6) is 2.84. The van der Waals surface area contributed by atoms with Crippen LogP contribution in [0.4, 0.5) is 5.82 Å². The van der Waals surface area contributed by atoms with Crippen LogP contribution in [-0.2, 0) is 6.54 Å². The first-order valence-electron chi connectivity index (χ1n) is 7.90. The monoisotopic (exact) mass is 336 g/mol. The highest BCUT2D eigenvalue weighted by molar-refractivity contribution is 5.56. The Labute approximate surface area is 146 Å². The first-order valence-corrected chi connectivity index (χ1v) is 7.90. The lowest BCUT2D eigenvalue weighted by molar-refractivity contribution is 0.354. The molecule has 1 N–H and O–H groups in total. The van der Waals surface area contributed by atoms with E-state index in [1.807, 2.05) is 43.3 Å². The third-order valence-corrected chi connectivity index (χ3v) is 3.70. The van der Waals surface area contributed by atoms with Gasteiger partial charge in [-0.25, -0.2) is 9.97 Å². The molecular formula is C19H20N4O2. The minimum atomic E-state index is 0.614. The molecule has 0 amide bonds. The predicted molar refractivity (Wildman–Crippen MR) is 96.9 cm³/mol. The summed E-state index contributed by atoms with van der Waals surface area (Å²) in [6.07, 6.45) is 3.49. The third kappa shape index (κ3) is 4.03. The summed E-state index contributed by atoms with van der Waals surface area (Å²) in [5, 5.41) is 3.33. The van der Waals surface area contributed by atoms with Crippen molar-refractivity contribution in [3.05, 3.63) is 60.0 Å². The van der Waals surface area contributed by atoms with Gasteiger partial charge in [0.2, 0.25) is 0 Å². The van der Waals surface area contributed by atoms with E-state index in [1.54, 1.807) is 26.6 Å². The lowest BCUT2D eigenvalue weighted by Gasteiger charge is -2.11. The minimum absolute atomic E-state index is 0.614. The molecule has 6 nitrogen and oxygen atoms in total. The molecule has 3 aromatic rings. The molecule has 0 unspecified atom stereocenters. The van der Waals surface area contributed by atoms with E-state index in [0.29, 0.717) is 23.9 Å². The largest absolute Gasteiger partial charge is 0.493 e. The maximum Gasteiger partial charge on any atom is 0.163 e. The number of aryl methyl sites for hydroxylation is 1. The minimum Gasteiger partial charge on any atom is -0.493 e. The Kier molecular flexibility index (Phi) is 5.09. The summed E-state index contributed by atoms with van der Waals surface area (Å²) in [7, 11) is 3.25. The Hall–Kier alpha value is -3.15. The van der Waals surface area contributed by atoms with Gasteiger partial charge in [0.1, 0.15) is 5.82 Å². The number of hydrogen-bond acceptors (Lipinski definition) is 6. The van der Waals surface area contributed by atoms with Crippen LogP contribution >= 0.6 is 0 Å². The van der Waals surface area contributed by atoms with Gasteiger partial charge in [-0.3, -0.25) is 4.98 Å². The van der Waals surface area contributed by atoms with Crippen molar-refractivity contribution in [1.82, 2.24) is 15.0 Å². The number of ether oxygens (including phenoxy) is 2. The maximum absolute atomic E-state index is 5.34. The molecule has 0 saturated carbocycles. The molecule has 0 aliphatic heterocycles. The number of rotatable bonds is 6. The standard InChI is InChI=1S/C19H20N4O2/c1-13-9-18(23-19(22-13)15-5-4-8-20-12-15)21-11-14-6-7-16(24-2)17(10-14)25-3/h4-10,12H,11H2,1-3H3,(H,21,22,23). The Balaban J connectivity index is 1.79. The van der Waals surface area contributed by atoms with Gasteiger partial charge in [0.25, 0.3) is 0 Å². The molecule has 6 heteroatoms. The van der Waals surface area contributed by atoms with Crippen molar-refractivity contribution in [3.8, 4) is 22.9 Å². The fourth-order valence-corrected chi connectivity index (χ4v) is 2.47. The second-order valence-corrected chi connectivity index (χ2v) is 5.50. The molecule has 0 aliphatic rings. The first kappa shape index (κ1) is 16.7. The van der Waals surface area contributed by atoms with E-state index in [2.05, 4.69) is 20.3 Å². The molecule has 0 bridgehead atoms. The van der Waals surface area contributed by atoms with Crippen LogP contribution in [0.15, 0.2) is 48.8 Å². The molecule has 2 aromatic heterocycles. The summed E-state index contributed by atoms with van der Waals surface area (Å²) in [6.45, 7) is 2.56. The number of methoxy groups -OCH3 is 2. The molecular weight excluding hydrogens is 316 g/mol. The Morgan fingerprint density at radius 3 is 2.56 bits per heavy atom. The van der Waals surface area contributed by atoms with E-state index in [0.717, 1.165) is 22.6 Å². The van der Waals surface area contributed by atoms with Crippen LogP contribution in [0.1, 0.15) is 11.3 Å². The number of nitrogens with zero attached hydrogens (tertiary/aromatic N) is 3. The van der Waals surface area contributed by atoms with E-state index in [-0.39, 0.29) is 0 Å². The first-order chi connectivity index (χ1) is 12.2. The van der Waals surface area contributed by atoms with E-state index in [4.69, 9.17) is 9.47 Å². The topological polar surface area (TPSA) is 69.2 Å². The molecule has 128 valence electrons. The zero-order chi connectivity index (χ0) is 17.6. The number of benzene rings is 1. The van der Waals surface area contributed by atoms with Gasteiger partial charge in [0, 0.05) is 36.3 Å². The van der Waals surface area contributed by atoms with Gasteiger partial charge in [0.15, 0.2) is 17.3 Å². The van der Waals surface area contributed by atoms with Crippen LogP contribution in [0.5, 0.6) is 11.5 Å². The van der Waals surface area contributed by atoms with Gasteiger partial charge in [-0.1, -0.05) is 6.07 Å². The van der Waals surface area contributed by atoms with Crippen molar-refractivity contribution in [3.63, 3.8) is 0 Å². The van der Waals surface area contributed by atoms with Gasteiger partial charge in [-0.15, -0.1) is 0 Å². The molecule has 0 fully saturated rings. The summed E-state index contributed by atoms with van der Waals surface area (Å²) < 4.78 is 10.6. The smallest absolute Gasteiger partial charge is 0.163 e. The van der Waals surface area contributed by atoms with Crippen LogP contribution < -0.4 is 14.8 Å².